The number of esters is 2. The van der Waals surface area contributed by atoms with Crippen LogP contribution in [-0.4, -0.2) is 108 Å². The molecule has 2 aromatic heterocycles. The standard InChI is InChI=1S/C46H52N6O8/c1-57-41-11-9-31(25-49-41)43(53)27-13-17-51(18-14-27)37-23-33-29(5-3-7-35(33)47)21-39(37)59-45(55)46(56)60-40-22-30-6-4-8-36(48)34(30)24-38(40)52-19-15-28(16-20-52)44(54)32-10-12-42(58-2)50-26-32/h3-12,25-28,37-40H,13-24,47-48H2,1-2H3. The number of benzene rings is 2. The van der Waals surface area contributed by atoms with Crippen molar-refractivity contribution < 1.29 is 38.1 Å². The lowest BCUT2D eigenvalue weighted by molar-refractivity contribution is -0.178. The summed E-state index contributed by atoms with van der Waals surface area (Å²) in [6.45, 7) is 2.43. The van der Waals surface area contributed by atoms with E-state index in [1.54, 1.807) is 36.7 Å². The third-order valence-corrected chi connectivity index (χ3v) is 13.0. The molecule has 4 N–H and O–H groups in total. The number of pyridine rings is 2. The number of ketones is 2. The number of ether oxygens (including phenoxy) is 4. The van der Waals surface area contributed by atoms with Crippen LogP contribution in [0.25, 0.3) is 0 Å². The van der Waals surface area contributed by atoms with E-state index >= 15 is 0 Å². The minimum absolute atomic E-state index is 0.0454. The Hall–Kier alpha value is -5.86. The van der Waals surface area contributed by atoms with Crippen molar-refractivity contribution in [2.24, 2.45) is 11.8 Å². The predicted octanol–water partition coefficient (Wildman–Crippen LogP) is 4.31. The lowest BCUT2D eigenvalue weighted by Gasteiger charge is -2.43. The van der Waals surface area contributed by atoms with Crippen molar-refractivity contribution in [3.05, 3.63) is 106 Å². The average molecular weight is 817 g/mol. The number of nitrogens with zero attached hydrogens (tertiary/aromatic N) is 4. The normalized spacial score (nSPS) is 22.5. The summed E-state index contributed by atoms with van der Waals surface area (Å²) < 4.78 is 22.5. The number of nitrogens with two attached hydrogens (primary N) is 2. The van der Waals surface area contributed by atoms with Gasteiger partial charge >= 0.3 is 11.9 Å². The summed E-state index contributed by atoms with van der Waals surface area (Å²) in [7, 11) is 3.07. The van der Waals surface area contributed by atoms with Crippen LogP contribution in [0.5, 0.6) is 11.8 Å². The highest BCUT2D eigenvalue weighted by atomic mass is 16.6. The zero-order chi connectivity index (χ0) is 41.9. The van der Waals surface area contributed by atoms with Crippen molar-refractivity contribution in [1.29, 1.82) is 0 Å². The number of methoxy groups -OCH3 is 2. The number of hydrogen-bond acceptors (Lipinski definition) is 14. The molecule has 14 heteroatoms. The van der Waals surface area contributed by atoms with E-state index in [0.29, 0.717) is 112 Å². The number of piperidine rings is 2. The topological polar surface area (TPSA) is 190 Å². The third kappa shape index (κ3) is 8.57. The SMILES string of the molecule is COc1ccc(C(=O)C2CCN(C3Cc4c(N)cccc4CC3OC(=O)C(=O)OC3Cc4cccc(N)c4CC3N3CCC(C(=O)c4ccc(OC)nc4)CC3)CC2)cn1. The minimum atomic E-state index is -1.04. The van der Waals surface area contributed by atoms with Crippen molar-refractivity contribution in [3.63, 3.8) is 0 Å². The van der Waals surface area contributed by atoms with Gasteiger partial charge in [-0.15, -0.1) is 0 Å². The fourth-order valence-corrected chi connectivity index (χ4v) is 9.67. The Kier molecular flexibility index (Phi) is 12.1. The summed E-state index contributed by atoms with van der Waals surface area (Å²) in [5.41, 5.74) is 19.3. The Labute approximate surface area is 349 Å². The van der Waals surface area contributed by atoms with Gasteiger partial charge in [0.1, 0.15) is 12.2 Å². The first kappa shape index (κ1) is 40.9. The highest BCUT2D eigenvalue weighted by Crippen LogP contribution is 2.36. The van der Waals surface area contributed by atoms with Crippen LogP contribution < -0.4 is 20.9 Å². The van der Waals surface area contributed by atoms with Gasteiger partial charge in [-0.05, 0) is 111 Å². The summed E-state index contributed by atoms with van der Waals surface area (Å²) in [5, 5.41) is 0. The van der Waals surface area contributed by atoms with Crippen LogP contribution in [0.2, 0.25) is 0 Å². The molecule has 14 nitrogen and oxygen atoms in total. The van der Waals surface area contributed by atoms with Crippen LogP contribution in [0, 0.1) is 11.8 Å². The molecule has 4 unspecified atom stereocenters. The Bertz CT molecular complexity index is 2060. The molecule has 2 saturated heterocycles. The van der Waals surface area contributed by atoms with Crippen molar-refractivity contribution in [3.8, 4) is 11.8 Å². The fourth-order valence-electron chi connectivity index (χ4n) is 9.67. The molecule has 2 aliphatic carbocycles. The molecule has 0 radical (unpaired) electrons. The second-order valence-corrected chi connectivity index (χ2v) is 16.3. The lowest BCUT2D eigenvalue weighted by atomic mass is 9.82. The van der Waals surface area contributed by atoms with E-state index in [1.165, 1.54) is 14.2 Å². The van der Waals surface area contributed by atoms with E-state index in [1.807, 2.05) is 36.4 Å². The van der Waals surface area contributed by atoms with Gasteiger partial charge < -0.3 is 30.4 Å². The fraction of sp³-hybridized carbons (Fsp3) is 0.435. The first-order valence-electron chi connectivity index (χ1n) is 20.8. The molecule has 4 aromatic rings. The molecular weight excluding hydrogens is 765 g/mol. The van der Waals surface area contributed by atoms with Gasteiger partial charge in [-0.3, -0.25) is 19.4 Å². The molecule has 2 fully saturated rings. The maximum absolute atomic E-state index is 13.8. The quantitative estimate of drug-likeness (QED) is 0.0997. The van der Waals surface area contributed by atoms with Crippen LogP contribution in [0.3, 0.4) is 0 Å². The largest absolute Gasteiger partial charge is 0.481 e. The van der Waals surface area contributed by atoms with Gasteiger partial charge in [0.2, 0.25) is 11.8 Å². The molecule has 8 rings (SSSR count). The summed E-state index contributed by atoms with van der Waals surface area (Å²) >= 11 is 0. The number of rotatable bonds is 10. The van der Waals surface area contributed by atoms with Crippen LogP contribution in [-0.2, 0) is 44.7 Å². The van der Waals surface area contributed by atoms with Crippen molar-refractivity contribution in [2.75, 3.05) is 51.9 Å². The highest BCUT2D eigenvalue weighted by Gasteiger charge is 2.43. The molecule has 4 aliphatic rings. The Morgan fingerprint density at radius 1 is 0.567 bits per heavy atom. The van der Waals surface area contributed by atoms with Crippen LogP contribution in [0.1, 0.15) is 68.7 Å². The van der Waals surface area contributed by atoms with E-state index in [4.69, 9.17) is 30.4 Å². The Balaban J connectivity index is 0.943. The van der Waals surface area contributed by atoms with Gasteiger partial charge in [-0.1, -0.05) is 24.3 Å². The maximum Gasteiger partial charge on any atom is 0.417 e. The molecule has 2 aliphatic heterocycles. The number of fused-ring (bicyclic) bond motifs is 2. The number of anilines is 2. The number of carbonyl (C=O) groups is 4. The van der Waals surface area contributed by atoms with Crippen LogP contribution >= 0.6 is 0 Å². The van der Waals surface area contributed by atoms with Crippen molar-refractivity contribution >= 4 is 34.9 Å². The molecule has 0 spiro atoms. The molecule has 2 aromatic carbocycles. The molecule has 0 saturated carbocycles. The lowest BCUT2D eigenvalue weighted by Crippen LogP contribution is -2.54. The van der Waals surface area contributed by atoms with Crippen molar-refractivity contribution in [1.82, 2.24) is 19.8 Å². The summed E-state index contributed by atoms with van der Waals surface area (Å²) in [5.74, 6) is -1.43. The number of carbonyl (C=O) groups excluding carboxylic acids is 4. The van der Waals surface area contributed by atoms with Crippen molar-refractivity contribution in [2.45, 2.75) is 75.7 Å². The number of Topliss-reactive ketones (excluding diaryl/α,β-unsaturated/α-hetero) is 2. The van der Waals surface area contributed by atoms with E-state index in [9.17, 15) is 19.2 Å². The average Bonchev–Trinajstić information content (AvgIpc) is 3.28. The molecular formula is C46H52N6O8. The summed E-state index contributed by atoms with van der Waals surface area (Å²) in [4.78, 5) is 67.4. The maximum atomic E-state index is 13.8. The number of nitrogen functional groups attached to an aromatic ring is 2. The Morgan fingerprint density at radius 3 is 1.32 bits per heavy atom. The van der Waals surface area contributed by atoms with Gasteiger partial charge in [0.15, 0.2) is 11.6 Å². The number of hydrogen-bond donors (Lipinski definition) is 2. The van der Waals surface area contributed by atoms with Gasteiger partial charge in [0, 0.05) is 71.7 Å². The van der Waals surface area contributed by atoms with Gasteiger partial charge in [-0.25, -0.2) is 19.6 Å². The first-order chi connectivity index (χ1) is 29.1. The second-order valence-electron chi connectivity index (χ2n) is 16.3. The number of likely N-dealkylation sites (tertiary alicyclic amines) is 2. The Morgan fingerprint density at radius 2 is 0.967 bits per heavy atom. The number of aromatic nitrogens is 2. The first-order valence-corrected chi connectivity index (χ1v) is 20.8. The van der Waals surface area contributed by atoms with E-state index < -0.39 is 24.1 Å². The smallest absolute Gasteiger partial charge is 0.417 e. The molecule has 0 amide bonds. The van der Waals surface area contributed by atoms with Gasteiger partial charge in [0.05, 0.1) is 26.3 Å². The second kappa shape index (κ2) is 17.8. The van der Waals surface area contributed by atoms with E-state index in [2.05, 4.69) is 19.8 Å². The zero-order valence-electron chi connectivity index (χ0n) is 34.1. The van der Waals surface area contributed by atoms with Gasteiger partial charge in [-0.2, -0.15) is 0 Å². The van der Waals surface area contributed by atoms with Crippen LogP contribution in [0.15, 0.2) is 73.1 Å². The third-order valence-electron chi connectivity index (χ3n) is 13.0. The zero-order valence-corrected chi connectivity index (χ0v) is 34.1. The summed E-state index contributed by atoms with van der Waals surface area (Å²) in [6, 6.07) is 17.8. The van der Waals surface area contributed by atoms with Crippen LogP contribution in [0.4, 0.5) is 11.4 Å². The molecule has 4 atom stereocenters. The predicted molar refractivity (Wildman–Crippen MR) is 223 cm³/mol. The molecule has 314 valence electrons. The minimum Gasteiger partial charge on any atom is -0.481 e. The van der Waals surface area contributed by atoms with E-state index in [0.717, 1.165) is 22.3 Å². The monoisotopic (exact) mass is 816 g/mol. The molecule has 0 bridgehead atoms. The van der Waals surface area contributed by atoms with E-state index in [-0.39, 0.29) is 35.5 Å². The summed E-state index contributed by atoms with van der Waals surface area (Å²) in [6.07, 6.45) is 6.18. The highest BCUT2D eigenvalue weighted by molar-refractivity contribution is 6.29. The molecule has 60 heavy (non-hydrogen) atoms. The molecule has 4 heterocycles. The van der Waals surface area contributed by atoms with Gasteiger partial charge in [0.25, 0.3) is 0 Å².